The minimum atomic E-state index is -1.66. The van der Waals surface area contributed by atoms with E-state index in [2.05, 4.69) is 15.5 Å². The molecule has 0 aliphatic carbocycles. The molecule has 0 saturated heterocycles. The Morgan fingerprint density at radius 3 is 1.59 bits per heavy atom. The highest BCUT2D eigenvalue weighted by molar-refractivity contribution is 7.14. The summed E-state index contributed by atoms with van der Waals surface area (Å²) in [6.07, 6.45) is -2.53. The van der Waals surface area contributed by atoms with Crippen LogP contribution in [0.3, 0.4) is 0 Å². The molecular formula is C45H35N3O7S. The number of nitrogens with zero attached hydrogens (tertiary/aromatic N) is 2. The van der Waals surface area contributed by atoms with Crippen molar-refractivity contribution in [2.24, 2.45) is 5.16 Å². The highest BCUT2D eigenvalue weighted by Crippen LogP contribution is 2.41. The first-order valence-corrected chi connectivity index (χ1v) is 18.4. The minimum absolute atomic E-state index is 0.0276. The summed E-state index contributed by atoms with van der Waals surface area (Å²) >= 11 is 1.18. The van der Waals surface area contributed by atoms with E-state index >= 15 is 0 Å². The smallest absolute Gasteiger partial charge is 0.360 e. The molecule has 0 fully saturated rings. The molecule has 1 aromatic heterocycles. The fourth-order valence-electron chi connectivity index (χ4n) is 6.39. The molecule has 4 N–H and O–H groups in total. The summed E-state index contributed by atoms with van der Waals surface area (Å²) in [5.41, 5.74) is 2.63. The van der Waals surface area contributed by atoms with Gasteiger partial charge in [0.25, 0.3) is 0 Å². The van der Waals surface area contributed by atoms with E-state index in [1.807, 2.05) is 152 Å². The molecule has 7 rings (SSSR count). The number of benzene rings is 6. The molecule has 0 spiro atoms. The van der Waals surface area contributed by atoms with Crippen LogP contribution in [0.25, 0.3) is 0 Å². The lowest BCUT2D eigenvalue weighted by Gasteiger charge is -2.36. The summed E-state index contributed by atoms with van der Waals surface area (Å²) in [7, 11) is 0. The summed E-state index contributed by atoms with van der Waals surface area (Å²) in [6.45, 7) is 0. The molecule has 278 valence electrons. The first-order chi connectivity index (χ1) is 27.3. The lowest BCUT2D eigenvalue weighted by Crippen LogP contribution is -2.38. The highest BCUT2D eigenvalue weighted by atomic mass is 32.1. The number of carboxylic acids is 1. The molecule has 0 bridgehead atoms. The zero-order chi connectivity index (χ0) is 38.9. The van der Waals surface area contributed by atoms with E-state index in [0.717, 1.165) is 22.8 Å². The second-order valence-corrected chi connectivity index (χ2v) is 13.5. The van der Waals surface area contributed by atoms with Crippen LogP contribution in [-0.2, 0) is 24.7 Å². The van der Waals surface area contributed by atoms with Gasteiger partial charge in [-0.2, -0.15) is 0 Å². The molecule has 11 heteroatoms. The summed E-state index contributed by atoms with van der Waals surface area (Å²) in [5, 5.41) is 40.3. The predicted molar refractivity (Wildman–Crippen MR) is 214 cm³/mol. The van der Waals surface area contributed by atoms with Gasteiger partial charge in [-0.25, -0.2) is 14.6 Å². The quantitative estimate of drug-likeness (QED) is 0.0280. The number of phenols is 2. The maximum absolute atomic E-state index is 14.0. The van der Waals surface area contributed by atoms with Crippen LogP contribution < -0.4 is 5.32 Å². The number of aliphatic carboxylic acids is 1. The zero-order valence-corrected chi connectivity index (χ0v) is 30.5. The van der Waals surface area contributed by atoms with Gasteiger partial charge in [0.05, 0.1) is 0 Å². The molecule has 0 aliphatic heterocycles. The third-order valence-corrected chi connectivity index (χ3v) is 9.83. The number of oxime groups is 1. The second kappa shape index (κ2) is 16.8. The van der Waals surface area contributed by atoms with E-state index in [0.29, 0.717) is 16.3 Å². The molecule has 6 aromatic carbocycles. The van der Waals surface area contributed by atoms with Crippen molar-refractivity contribution in [1.82, 2.24) is 4.98 Å². The number of hydrogen-bond donors (Lipinski definition) is 4. The van der Waals surface area contributed by atoms with Gasteiger partial charge < -0.3 is 30.2 Å². The van der Waals surface area contributed by atoms with E-state index in [1.165, 1.54) is 28.8 Å². The number of aromatic nitrogens is 1. The molecule has 7 aromatic rings. The minimum Gasteiger partial charge on any atom is -0.504 e. The number of anilines is 1. The predicted octanol–water partition coefficient (Wildman–Crippen LogP) is 8.84. The average Bonchev–Trinajstić information content (AvgIpc) is 3.71. The molecule has 0 aliphatic rings. The number of aromatic hydroxyl groups is 2. The van der Waals surface area contributed by atoms with Crippen LogP contribution in [-0.4, -0.2) is 38.0 Å². The van der Waals surface area contributed by atoms with Gasteiger partial charge in [-0.15, -0.1) is 11.3 Å². The molecule has 1 heterocycles. The van der Waals surface area contributed by atoms with Crippen LogP contribution >= 0.6 is 11.3 Å². The van der Waals surface area contributed by atoms with Crippen LogP contribution in [0.1, 0.15) is 51.3 Å². The Kier molecular flexibility index (Phi) is 11.2. The van der Waals surface area contributed by atoms with E-state index < -0.39 is 46.9 Å². The van der Waals surface area contributed by atoms with Gasteiger partial charge in [0.1, 0.15) is 11.2 Å². The number of hydrogen-bond acceptors (Lipinski definition) is 10. The highest BCUT2D eigenvalue weighted by Gasteiger charge is 2.37. The largest absolute Gasteiger partial charge is 0.504 e. The van der Waals surface area contributed by atoms with Gasteiger partial charge in [0, 0.05) is 10.9 Å². The number of carbonyl (C=O) groups excluding carboxylic acids is 1. The molecule has 10 nitrogen and oxygen atoms in total. The van der Waals surface area contributed by atoms with Gasteiger partial charge in [-0.1, -0.05) is 163 Å². The number of rotatable bonds is 14. The maximum atomic E-state index is 14.0. The van der Waals surface area contributed by atoms with Crippen LogP contribution in [0, 0.1) is 0 Å². The van der Waals surface area contributed by atoms with Crippen molar-refractivity contribution in [2.75, 3.05) is 5.32 Å². The van der Waals surface area contributed by atoms with E-state index in [9.17, 15) is 24.9 Å². The Morgan fingerprint density at radius 1 is 0.643 bits per heavy atom. The standard InChI is InChI=1S/C45H35N3O7S/c49-37-27-26-32(28-38(37)50)41(43(53)54-40(30-16-6-1-7-17-30)31-18-8-2-9-19-31)55-48-39(42(51)52)36-29-56-44(46-36)47-45(33-20-10-3-11-21-33,34-22-12-4-13-23-34)35-24-14-5-15-25-35/h1-29,40-41,49-50H,(H,46,47)(H,51,52)/b48-39+/t41-/m0/s1. The Morgan fingerprint density at radius 2 is 1.12 bits per heavy atom. The number of phenolic OH excluding ortho intramolecular Hbond substituents is 2. The molecule has 56 heavy (non-hydrogen) atoms. The van der Waals surface area contributed by atoms with Gasteiger partial charge in [-0.3, -0.25) is 0 Å². The Balaban J connectivity index is 1.25. The average molecular weight is 762 g/mol. The van der Waals surface area contributed by atoms with E-state index in [4.69, 9.17) is 9.57 Å². The Bertz CT molecular complexity index is 2290. The van der Waals surface area contributed by atoms with E-state index in [-0.39, 0.29) is 11.3 Å². The van der Waals surface area contributed by atoms with Gasteiger partial charge in [-0.05, 0) is 39.9 Å². The molecule has 1 atom stereocenters. The van der Waals surface area contributed by atoms with Crippen LogP contribution in [0.15, 0.2) is 180 Å². The summed E-state index contributed by atoms with van der Waals surface area (Å²) in [6, 6.07) is 51.4. The first kappa shape index (κ1) is 37.1. The fraction of sp³-hybridized carbons (Fsp3) is 0.0667. The van der Waals surface area contributed by atoms with Crippen LogP contribution in [0.4, 0.5) is 5.13 Å². The topological polar surface area (TPSA) is 151 Å². The number of esters is 1. The number of ether oxygens (including phenoxy) is 1. The van der Waals surface area contributed by atoms with Crippen molar-refractivity contribution in [3.05, 3.63) is 214 Å². The maximum Gasteiger partial charge on any atom is 0.360 e. The third-order valence-electron chi connectivity index (χ3n) is 9.07. The molecule has 0 unspecified atom stereocenters. The van der Waals surface area contributed by atoms with Crippen LogP contribution in [0.5, 0.6) is 11.5 Å². The fourth-order valence-corrected chi connectivity index (χ4v) is 7.14. The molecular weight excluding hydrogens is 727 g/mol. The van der Waals surface area contributed by atoms with E-state index in [1.54, 1.807) is 0 Å². The molecule has 0 saturated carbocycles. The summed E-state index contributed by atoms with van der Waals surface area (Å²) in [4.78, 5) is 37.2. The zero-order valence-electron chi connectivity index (χ0n) is 29.7. The van der Waals surface area contributed by atoms with Gasteiger partial charge in [0.15, 0.2) is 22.7 Å². The number of thiazole rings is 1. The lowest BCUT2D eigenvalue weighted by molar-refractivity contribution is -0.162. The Labute approximate surface area is 326 Å². The number of nitrogens with one attached hydrogen (secondary N) is 1. The number of carboxylic acid groups (broad SMARTS) is 1. The van der Waals surface area contributed by atoms with Crippen molar-refractivity contribution in [3.8, 4) is 11.5 Å². The number of carbonyl (C=O) groups is 2. The lowest BCUT2D eigenvalue weighted by atomic mass is 9.77. The third kappa shape index (κ3) is 7.98. The van der Waals surface area contributed by atoms with Crippen molar-refractivity contribution in [1.29, 1.82) is 0 Å². The second-order valence-electron chi connectivity index (χ2n) is 12.6. The summed E-state index contributed by atoms with van der Waals surface area (Å²) < 4.78 is 6.04. The monoisotopic (exact) mass is 761 g/mol. The molecule has 0 radical (unpaired) electrons. The first-order valence-electron chi connectivity index (χ1n) is 17.5. The Hall–Kier alpha value is -7.24. The van der Waals surface area contributed by atoms with Crippen LogP contribution in [0.2, 0.25) is 0 Å². The van der Waals surface area contributed by atoms with Crippen molar-refractivity contribution in [3.63, 3.8) is 0 Å². The normalized spacial score (nSPS) is 12.1. The van der Waals surface area contributed by atoms with Crippen molar-refractivity contribution >= 4 is 34.1 Å². The SMILES string of the molecule is O=C(O)/C(=N/O[C@H](C(=O)OC(c1ccccc1)c1ccccc1)c1ccc(O)c(O)c1)c1csc(NC(c2ccccc2)(c2ccccc2)c2ccccc2)n1. The van der Waals surface area contributed by atoms with Gasteiger partial charge >= 0.3 is 11.9 Å². The van der Waals surface area contributed by atoms with Crippen molar-refractivity contribution in [2.45, 2.75) is 17.7 Å². The summed E-state index contributed by atoms with van der Waals surface area (Å²) in [5.74, 6) is -3.35. The van der Waals surface area contributed by atoms with Crippen molar-refractivity contribution < 1.29 is 34.5 Å². The molecule has 0 amide bonds. The van der Waals surface area contributed by atoms with Gasteiger partial charge in [0.2, 0.25) is 11.8 Å².